The van der Waals surface area contributed by atoms with Crippen LogP contribution in [0.2, 0.25) is 0 Å². The molecule has 0 N–H and O–H groups in total. The first kappa shape index (κ1) is 15.7. The fourth-order valence-electron chi connectivity index (χ4n) is 2.30. The van der Waals surface area contributed by atoms with Crippen LogP contribution in [0.3, 0.4) is 0 Å². The smallest absolute Gasteiger partial charge is 0.233 e. The van der Waals surface area contributed by atoms with Gasteiger partial charge in [-0.1, -0.05) is 12.1 Å². The zero-order valence-electron chi connectivity index (χ0n) is 12.3. The van der Waals surface area contributed by atoms with Crippen molar-refractivity contribution in [2.45, 2.75) is 16.7 Å². The normalized spacial score (nSPS) is 19.1. The number of carbonyl (C=O) groups excluding carboxylic acids is 1. The van der Waals surface area contributed by atoms with Crippen molar-refractivity contribution in [2.24, 2.45) is 0 Å². The lowest BCUT2D eigenvalue weighted by atomic mass is 10.2. The molecule has 1 aromatic carbocycles. The van der Waals surface area contributed by atoms with Gasteiger partial charge in [0.05, 0.1) is 5.75 Å². The van der Waals surface area contributed by atoms with Gasteiger partial charge in [0, 0.05) is 11.4 Å². The number of hydrogen-bond donors (Lipinski definition) is 0. The van der Waals surface area contributed by atoms with Gasteiger partial charge in [-0.3, -0.25) is 4.79 Å². The van der Waals surface area contributed by atoms with Crippen molar-refractivity contribution in [1.82, 2.24) is 9.80 Å². The van der Waals surface area contributed by atoms with Gasteiger partial charge in [0.25, 0.3) is 0 Å². The summed E-state index contributed by atoms with van der Waals surface area (Å²) in [5, 5.41) is 0.195. The van der Waals surface area contributed by atoms with Crippen LogP contribution in [0, 0.1) is 0 Å². The Morgan fingerprint density at radius 2 is 2.05 bits per heavy atom. The number of thioether (sulfide) groups is 2. The summed E-state index contributed by atoms with van der Waals surface area (Å²) in [6.45, 7) is 1.87. The van der Waals surface area contributed by atoms with Gasteiger partial charge in [0.15, 0.2) is 0 Å². The monoisotopic (exact) mass is 310 g/mol. The number of nitrogens with zero attached hydrogens (tertiary/aromatic N) is 2. The van der Waals surface area contributed by atoms with Crippen molar-refractivity contribution in [3.05, 3.63) is 29.8 Å². The topological polar surface area (TPSA) is 23.6 Å². The number of hydrogen-bond acceptors (Lipinski definition) is 4. The molecule has 1 aromatic rings. The van der Waals surface area contributed by atoms with E-state index in [0.717, 1.165) is 19.5 Å². The highest BCUT2D eigenvalue weighted by atomic mass is 32.2. The first-order valence-electron chi connectivity index (χ1n) is 6.81. The number of benzene rings is 1. The van der Waals surface area contributed by atoms with Crippen LogP contribution in [0.15, 0.2) is 29.2 Å². The van der Waals surface area contributed by atoms with Crippen LogP contribution in [0.1, 0.15) is 17.4 Å². The summed E-state index contributed by atoms with van der Waals surface area (Å²) < 4.78 is 0. The van der Waals surface area contributed by atoms with Gasteiger partial charge in [-0.2, -0.15) is 0 Å². The van der Waals surface area contributed by atoms with Crippen molar-refractivity contribution in [3.8, 4) is 0 Å². The Balaban J connectivity index is 2.02. The van der Waals surface area contributed by atoms with Gasteiger partial charge in [-0.15, -0.1) is 23.5 Å². The maximum absolute atomic E-state index is 12.0. The van der Waals surface area contributed by atoms with Crippen LogP contribution in [0.5, 0.6) is 0 Å². The molecule has 0 radical (unpaired) electrons. The molecular formula is C15H22N2OS2. The Bertz CT molecular complexity index is 448. The molecule has 1 aliphatic rings. The quantitative estimate of drug-likeness (QED) is 0.754. The molecule has 1 saturated heterocycles. The zero-order valence-corrected chi connectivity index (χ0v) is 14.0. The molecule has 1 atom stereocenters. The van der Waals surface area contributed by atoms with E-state index in [1.165, 1.54) is 10.5 Å². The fraction of sp³-hybridized carbons (Fsp3) is 0.533. The maximum atomic E-state index is 12.0. The van der Waals surface area contributed by atoms with E-state index in [1.807, 2.05) is 4.90 Å². The molecule has 0 bridgehead atoms. The van der Waals surface area contributed by atoms with E-state index in [-0.39, 0.29) is 11.3 Å². The SMILES string of the molecule is CSc1ccc(C2SCC(=O)N2CCCN(C)C)cc1. The Labute approximate surface area is 130 Å². The predicted molar refractivity (Wildman–Crippen MR) is 88.3 cm³/mol. The second-order valence-electron chi connectivity index (χ2n) is 5.18. The Kier molecular flexibility index (Phi) is 5.81. The number of carbonyl (C=O) groups is 1. The molecule has 3 nitrogen and oxygen atoms in total. The van der Waals surface area contributed by atoms with Crippen LogP contribution in [0.25, 0.3) is 0 Å². The van der Waals surface area contributed by atoms with E-state index in [4.69, 9.17) is 0 Å². The van der Waals surface area contributed by atoms with Crippen LogP contribution < -0.4 is 0 Å². The van der Waals surface area contributed by atoms with Crippen molar-refractivity contribution in [2.75, 3.05) is 39.2 Å². The molecule has 20 heavy (non-hydrogen) atoms. The van der Waals surface area contributed by atoms with Crippen molar-refractivity contribution in [3.63, 3.8) is 0 Å². The zero-order chi connectivity index (χ0) is 14.5. The molecule has 0 aliphatic carbocycles. The minimum Gasteiger partial charge on any atom is -0.326 e. The van der Waals surface area contributed by atoms with Crippen LogP contribution in [0.4, 0.5) is 0 Å². The summed E-state index contributed by atoms with van der Waals surface area (Å²) in [6.07, 6.45) is 3.11. The molecule has 5 heteroatoms. The van der Waals surface area contributed by atoms with Gasteiger partial charge >= 0.3 is 0 Å². The van der Waals surface area contributed by atoms with Crippen LogP contribution in [-0.2, 0) is 4.79 Å². The van der Waals surface area contributed by atoms with Gasteiger partial charge < -0.3 is 9.80 Å². The van der Waals surface area contributed by atoms with Gasteiger partial charge in [-0.05, 0) is 51.0 Å². The first-order valence-corrected chi connectivity index (χ1v) is 9.09. The maximum Gasteiger partial charge on any atom is 0.233 e. The molecule has 2 rings (SSSR count). The highest BCUT2D eigenvalue weighted by Gasteiger charge is 2.32. The molecule has 1 unspecified atom stereocenters. The van der Waals surface area contributed by atoms with E-state index in [2.05, 4.69) is 49.5 Å². The fourth-order valence-corrected chi connectivity index (χ4v) is 3.92. The predicted octanol–water partition coefficient (Wildman–Crippen LogP) is 2.93. The summed E-state index contributed by atoms with van der Waals surface area (Å²) in [5.41, 5.74) is 1.24. The third-order valence-electron chi connectivity index (χ3n) is 3.37. The molecule has 1 heterocycles. The average Bonchev–Trinajstić information content (AvgIpc) is 2.80. The van der Waals surface area contributed by atoms with E-state index >= 15 is 0 Å². The summed E-state index contributed by atoms with van der Waals surface area (Å²) in [6, 6.07) is 8.59. The lowest BCUT2D eigenvalue weighted by Gasteiger charge is -2.25. The standard InChI is InChI=1S/C15H22N2OS2/c1-16(2)9-4-10-17-14(18)11-20-15(17)12-5-7-13(19-3)8-6-12/h5-8,15H,4,9-11H2,1-3H3. The van der Waals surface area contributed by atoms with Crippen molar-refractivity contribution >= 4 is 29.4 Å². The Morgan fingerprint density at radius 3 is 2.65 bits per heavy atom. The average molecular weight is 310 g/mol. The largest absolute Gasteiger partial charge is 0.326 e. The Morgan fingerprint density at radius 1 is 1.35 bits per heavy atom. The van der Waals surface area contributed by atoms with E-state index in [1.54, 1.807) is 23.5 Å². The molecular weight excluding hydrogens is 288 g/mol. The third-order valence-corrected chi connectivity index (χ3v) is 5.37. The molecule has 0 saturated carbocycles. The van der Waals surface area contributed by atoms with Crippen LogP contribution in [-0.4, -0.2) is 54.9 Å². The minimum atomic E-state index is 0.195. The summed E-state index contributed by atoms with van der Waals surface area (Å²) >= 11 is 3.49. The molecule has 0 aromatic heterocycles. The van der Waals surface area contributed by atoms with E-state index < -0.39 is 0 Å². The molecule has 1 aliphatic heterocycles. The highest BCUT2D eigenvalue weighted by Crippen LogP contribution is 2.38. The van der Waals surface area contributed by atoms with Crippen molar-refractivity contribution < 1.29 is 4.79 Å². The highest BCUT2D eigenvalue weighted by molar-refractivity contribution is 8.00. The lowest BCUT2D eigenvalue weighted by Crippen LogP contribution is -2.31. The van der Waals surface area contributed by atoms with Gasteiger partial charge in [0.1, 0.15) is 5.37 Å². The molecule has 1 fully saturated rings. The second kappa shape index (κ2) is 7.38. The third kappa shape index (κ3) is 3.93. The Hall–Kier alpha value is -0.650. The van der Waals surface area contributed by atoms with E-state index in [0.29, 0.717) is 5.75 Å². The molecule has 1 amide bonds. The number of rotatable bonds is 6. The summed E-state index contributed by atoms with van der Waals surface area (Å²) in [4.78, 5) is 17.5. The van der Waals surface area contributed by atoms with Gasteiger partial charge in [0.2, 0.25) is 5.91 Å². The lowest BCUT2D eigenvalue weighted by molar-refractivity contribution is -0.128. The minimum absolute atomic E-state index is 0.195. The van der Waals surface area contributed by atoms with Crippen molar-refractivity contribution in [1.29, 1.82) is 0 Å². The summed E-state index contributed by atoms with van der Waals surface area (Å²) in [7, 11) is 4.14. The molecule has 110 valence electrons. The summed E-state index contributed by atoms with van der Waals surface area (Å²) in [5.74, 6) is 0.879. The number of amides is 1. The second-order valence-corrected chi connectivity index (χ2v) is 7.13. The van der Waals surface area contributed by atoms with Gasteiger partial charge in [-0.25, -0.2) is 0 Å². The van der Waals surface area contributed by atoms with Crippen LogP contribution >= 0.6 is 23.5 Å². The molecule has 0 spiro atoms. The van der Waals surface area contributed by atoms with E-state index in [9.17, 15) is 4.79 Å². The first-order chi connectivity index (χ1) is 9.61.